The van der Waals surface area contributed by atoms with E-state index in [4.69, 9.17) is 22.1 Å². The summed E-state index contributed by atoms with van der Waals surface area (Å²) in [4.78, 5) is 4.04. The maximum Gasteiger partial charge on any atom is 0.139 e. The van der Waals surface area contributed by atoms with Gasteiger partial charge in [0.1, 0.15) is 11.9 Å². The molecule has 1 aromatic carbocycles. The SMILES string of the molecule is NCC(Oc1cncc(Br)c1)c1ccccc1Cl. The van der Waals surface area contributed by atoms with Crippen molar-refractivity contribution in [3.63, 3.8) is 0 Å². The minimum atomic E-state index is -0.283. The van der Waals surface area contributed by atoms with E-state index in [1.54, 1.807) is 12.4 Å². The molecule has 0 aliphatic heterocycles. The van der Waals surface area contributed by atoms with Gasteiger partial charge in [0.2, 0.25) is 0 Å². The zero-order valence-corrected chi connectivity index (χ0v) is 11.9. The van der Waals surface area contributed by atoms with Crippen molar-refractivity contribution in [1.82, 2.24) is 4.98 Å². The average Bonchev–Trinajstić information content (AvgIpc) is 2.37. The number of nitrogens with two attached hydrogens (primary N) is 1. The fourth-order valence-electron chi connectivity index (χ4n) is 1.60. The van der Waals surface area contributed by atoms with Gasteiger partial charge in [0.15, 0.2) is 0 Å². The van der Waals surface area contributed by atoms with Crippen LogP contribution in [0.5, 0.6) is 5.75 Å². The highest BCUT2D eigenvalue weighted by atomic mass is 79.9. The summed E-state index contributed by atoms with van der Waals surface area (Å²) in [6, 6.07) is 9.35. The third-order valence-electron chi connectivity index (χ3n) is 2.42. The molecule has 3 nitrogen and oxygen atoms in total. The van der Waals surface area contributed by atoms with Crippen LogP contribution >= 0.6 is 27.5 Å². The van der Waals surface area contributed by atoms with Crippen molar-refractivity contribution in [3.05, 3.63) is 57.8 Å². The van der Waals surface area contributed by atoms with E-state index in [0.717, 1.165) is 10.0 Å². The summed E-state index contributed by atoms with van der Waals surface area (Å²) in [6.45, 7) is 0.343. The van der Waals surface area contributed by atoms with Crippen molar-refractivity contribution >= 4 is 27.5 Å². The number of hydrogen-bond acceptors (Lipinski definition) is 3. The Labute approximate surface area is 119 Å². The molecule has 5 heteroatoms. The number of benzene rings is 1. The highest BCUT2D eigenvalue weighted by Gasteiger charge is 2.14. The fourth-order valence-corrected chi connectivity index (χ4v) is 2.20. The van der Waals surface area contributed by atoms with Gasteiger partial charge in [-0.05, 0) is 28.1 Å². The molecule has 0 fully saturated rings. The summed E-state index contributed by atoms with van der Waals surface area (Å²) >= 11 is 9.48. The summed E-state index contributed by atoms with van der Waals surface area (Å²) in [5, 5.41) is 0.649. The summed E-state index contributed by atoms with van der Waals surface area (Å²) in [5.74, 6) is 0.653. The maximum atomic E-state index is 6.13. The third-order valence-corrected chi connectivity index (χ3v) is 3.20. The number of ether oxygens (including phenoxy) is 1. The molecular formula is C13H12BrClN2O. The van der Waals surface area contributed by atoms with Crippen molar-refractivity contribution < 1.29 is 4.74 Å². The highest BCUT2D eigenvalue weighted by molar-refractivity contribution is 9.10. The van der Waals surface area contributed by atoms with Crippen LogP contribution in [-0.2, 0) is 0 Å². The van der Waals surface area contributed by atoms with E-state index < -0.39 is 0 Å². The fraction of sp³-hybridized carbons (Fsp3) is 0.154. The zero-order chi connectivity index (χ0) is 13.0. The second-order valence-corrected chi connectivity index (χ2v) is 5.03. The quantitative estimate of drug-likeness (QED) is 0.934. The minimum Gasteiger partial charge on any atom is -0.483 e. The molecule has 2 N–H and O–H groups in total. The van der Waals surface area contributed by atoms with Gasteiger partial charge in [-0.15, -0.1) is 0 Å². The van der Waals surface area contributed by atoms with Gasteiger partial charge in [0, 0.05) is 27.8 Å². The lowest BCUT2D eigenvalue weighted by molar-refractivity contribution is 0.213. The number of pyridine rings is 1. The van der Waals surface area contributed by atoms with E-state index >= 15 is 0 Å². The first-order valence-electron chi connectivity index (χ1n) is 5.42. The maximum absolute atomic E-state index is 6.13. The Bertz CT molecular complexity index is 536. The van der Waals surface area contributed by atoms with Crippen LogP contribution in [0.4, 0.5) is 0 Å². The second kappa shape index (κ2) is 6.18. The van der Waals surface area contributed by atoms with E-state index in [2.05, 4.69) is 20.9 Å². The molecule has 1 unspecified atom stereocenters. The van der Waals surface area contributed by atoms with Gasteiger partial charge >= 0.3 is 0 Å². The molecule has 0 amide bonds. The van der Waals surface area contributed by atoms with Crippen LogP contribution in [0.2, 0.25) is 5.02 Å². The molecule has 1 aromatic heterocycles. The van der Waals surface area contributed by atoms with Crippen LogP contribution in [0.1, 0.15) is 11.7 Å². The van der Waals surface area contributed by atoms with Gasteiger partial charge in [-0.2, -0.15) is 0 Å². The number of nitrogens with zero attached hydrogens (tertiary/aromatic N) is 1. The Morgan fingerprint density at radius 2 is 2.11 bits per heavy atom. The smallest absolute Gasteiger partial charge is 0.139 e. The summed E-state index contributed by atoms with van der Waals surface area (Å²) in [7, 11) is 0. The Hall–Kier alpha value is -1.10. The van der Waals surface area contributed by atoms with E-state index in [9.17, 15) is 0 Å². The summed E-state index contributed by atoms with van der Waals surface area (Å²) in [6.07, 6.45) is 3.05. The van der Waals surface area contributed by atoms with Crippen LogP contribution in [0.25, 0.3) is 0 Å². The number of aromatic nitrogens is 1. The molecule has 0 aliphatic rings. The summed E-state index contributed by atoms with van der Waals surface area (Å²) < 4.78 is 6.67. The number of rotatable bonds is 4. The highest BCUT2D eigenvalue weighted by Crippen LogP contribution is 2.27. The normalized spacial score (nSPS) is 12.2. The number of halogens is 2. The zero-order valence-electron chi connectivity index (χ0n) is 9.51. The van der Waals surface area contributed by atoms with E-state index in [1.807, 2.05) is 30.3 Å². The van der Waals surface area contributed by atoms with Gasteiger partial charge in [0.25, 0.3) is 0 Å². The Morgan fingerprint density at radius 3 is 2.78 bits per heavy atom. The van der Waals surface area contributed by atoms with Crippen LogP contribution in [0, 0.1) is 0 Å². The van der Waals surface area contributed by atoms with E-state index in [1.165, 1.54) is 0 Å². The van der Waals surface area contributed by atoms with Crippen molar-refractivity contribution in [2.24, 2.45) is 5.73 Å². The third kappa shape index (κ3) is 3.22. The van der Waals surface area contributed by atoms with Gasteiger partial charge < -0.3 is 10.5 Å². The molecule has 0 saturated heterocycles. The van der Waals surface area contributed by atoms with Gasteiger partial charge in [0.05, 0.1) is 6.20 Å². The lowest BCUT2D eigenvalue weighted by atomic mass is 10.1. The second-order valence-electron chi connectivity index (χ2n) is 3.70. The molecule has 0 spiro atoms. The minimum absolute atomic E-state index is 0.283. The van der Waals surface area contributed by atoms with Crippen molar-refractivity contribution in [2.45, 2.75) is 6.10 Å². The first-order valence-corrected chi connectivity index (χ1v) is 6.59. The lowest BCUT2D eigenvalue weighted by Crippen LogP contribution is -2.18. The monoisotopic (exact) mass is 326 g/mol. The predicted octanol–water partition coefficient (Wildman–Crippen LogP) is 3.58. The molecule has 94 valence electrons. The summed E-state index contributed by atoms with van der Waals surface area (Å²) in [5.41, 5.74) is 6.62. The Morgan fingerprint density at radius 1 is 1.33 bits per heavy atom. The number of hydrogen-bond donors (Lipinski definition) is 1. The van der Waals surface area contributed by atoms with Crippen molar-refractivity contribution in [1.29, 1.82) is 0 Å². The van der Waals surface area contributed by atoms with Crippen LogP contribution in [0.15, 0.2) is 47.2 Å². The molecule has 1 heterocycles. The van der Waals surface area contributed by atoms with Crippen molar-refractivity contribution in [3.8, 4) is 5.75 Å². The molecule has 1 atom stereocenters. The molecule has 0 saturated carbocycles. The molecule has 2 rings (SSSR count). The van der Waals surface area contributed by atoms with Gasteiger partial charge in [-0.1, -0.05) is 29.8 Å². The first-order chi connectivity index (χ1) is 8.70. The predicted molar refractivity (Wildman–Crippen MR) is 75.8 cm³/mol. The average molecular weight is 328 g/mol. The topological polar surface area (TPSA) is 48.1 Å². The van der Waals surface area contributed by atoms with E-state index in [-0.39, 0.29) is 6.10 Å². The Kier molecular flexibility index (Phi) is 4.58. The van der Waals surface area contributed by atoms with Crippen LogP contribution < -0.4 is 10.5 Å². The van der Waals surface area contributed by atoms with E-state index in [0.29, 0.717) is 17.3 Å². The molecule has 0 aliphatic carbocycles. The van der Waals surface area contributed by atoms with Crippen molar-refractivity contribution in [2.75, 3.05) is 6.54 Å². The molecule has 0 radical (unpaired) electrons. The molecule has 2 aromatic rings. The van der Waals surface area contributed by atoms with Crippen LogP contribution in [0.3, 0.4) is 0 Å². The van der Waals surface area contributed by atoms with Crippen LogP contribution in [-0.4, -0.2) is 11.5 Å². The largest absolute Gasteiger partial charge is 0.483 e. The van der Waals surface area contributed by atoms with Gasteiger partial charge in [-0.3, -0.25) is 4.98 Å². The lowest BCUT2D eigenvalue weighted by Gasteiger charge is -2.18. The first kappa shape index (κ1) is 13.3. The molecule has 0 bridgehead atoms. The van der Waals surface area contributed by atoms with Gasteiger partial charge in [-0.25, -0.2) is 0 Å². The Balaban J connectivity index is 2.23. The molecular weight excluding hydrogens is 316 g/mol. The molecule has 18 heavy (non-hydrogen) atoms. The standard InChI is InChI=1S/C13H12BrClN2O/c14-9-5-10(8-17-7-9)18-13(6-16)11-3-1-2-4-12(11)15/h1-5,7-8,13H,6,16H2.